The fourth-order valence-corrected chi connectivity index (χ4v) is 1.56. The highest BCUT2D eigenvalue weighted by Gasteiger charge is 2.14. The minimum absolute atomic E-state index is 0.0241. The molecule has 1 amide bonds. The Balaban J connectivity index is 2.24. The molecule has 0 unspecified atom stereocenters. The lowest BCUT2D eigenvalue weighted by atomic mass is 10.2. The van der Waals surface area contributed by atoms with Crippen molar-refractivity contribution in [1.82, 2.24) is 10.2 Å². The van der Waals surface area contributed by atoms with Crippen molar-refractivity contribution in [2.75, 3.05) is 5.32 Å². The highest BCUT2D eigenvalue weighted by atomic mass is 79.9. The zero-order valence-corrected chi connectivity index (χ0v) is 9.58. The van der Waals surface area contributed by atoms with Crippen molar-refractivity contribution in [3.05, 3.63) is 46.3 Å². The normalized spacial score (nSPS) is 10.1. The van der Waals surface area contributed by atoms with Crippen molar-refractivity contribution in [3.8, 4) is 0 Å². The third-order valence-electron chi connectivity index (χ3n) is 1.95. The molecular formula is C10H7BrFN3O. The largest absolute Gasteiger partial charge is 0.307 e. The maximum absolute atomic E-state index is 13.5. The Morgan fingerprint density at radius 3 is 2.94 bits per heavy atom. The summed E-state index contributed by atoms with van der Waals surface area (Å²) in [4.78, 5) is 11.7. The fraction of sp³-hybridized carbons (Fsp3) is 0. The summed E-state index contributed by atoms with van der Waals surface area (Å²) in [5, 5.41) is 8.71. The summed E-state index contributed by atoms with van der Waals surface area (Å²) in [6.45, 7) is 0. The van der Waals surface area contributed by atoms with E-state index in [-0.39, 0.29) is 10.0 Å². The van der Waals surface area contributed by atoms with E-state index in [1.165, 1.54) is 18.3 Å². The molecule has 0 fully saturated rings. The molecule has 0 aliphatic carbocycles. The van der Waals surface area contributed by atoms with Gasteiger partial charge in [0.1, 0.15) is 11.6 Å². The number of nitrogens with one attached hydrogen (secondary N) is 2. The molecule has 0 radical (unpaired) electrons. The third-order valence-corrected chi connectivity index (χ3v) is 2.56. The molecule has 0 aliphatic heterocycles. The Morgan fingerprint density at radius 1 is 1.44 bits per heavy atom. The van der Waals surface area contributed by atoms with Gasteiger partial charge in [-0.1, -0.05) is 6.07 Å². The first-order valence-electron chi connectivity index (χ1n) is 4.43. The van der Waals surface area contributed by atoms with Gasteiger partial charge in [-0.3, -0.25) is 9.89 Å². The maximum Gasteiger partial charge on any atom is 0.259 e. The van der Waals surface area contributed by atoms with Crippen LogP contribution in [-0.4, -0.2) is 16.1 Å². The Kier molecular flexibility index (Phi) is 3.00. The second kappa shape index (κ2) is 4.44. The number of halogens is 2. The van der Waals surface area contributed by atoms with Crippen LogP contribution in [0, 0.1) is 5.82 Å². The molecule has 2 N–H and O–H groups in total. The van der Waals surface area contributed by atoms with E-state index in [0.29, 0.717) is 5.82 Å². The maximum atomic E-state index is 13.5. The van der Waals surface area contributed by atoms with E-state index in [0.717, 1.165) is 0 Å². The first-order chi connectivity index (χ1) is 7.68. The van der Waals surface area contributed by atoms with Crippen LogP contribution in [0.3, 0.4) is 0 Å². The van der Waals surface area contributed by atoms with Gasteiger partial charge in [-0.25, -0.2) is 4.39 Å². The smallest absolute Gasteiger partial charge is 0.259 e. The first kappa shape index (κ1) is 10.8. The molecule has 0 aliphatic rings. The molecule has 1 aromatic heterocycles. The molecule has 6 heteroatoms. The predicted molar refractivity (Wildman–Crippen MR) is 60.6 cm³/mol. The van der Waals surface area contributed by atoms with Gasteiger partial charge < -0.3 is 5.32 Å². The Labute approximate surface area is 99.0 Å². The molecule has 0 atom stereocenters. The van der Waals surface area contributed by atoms with Crippen LogP contribution in [0.4, 0.5) is 10.2 Å². The lowest BCUT2D eigenvalue weighted by Gasteiger charge is -2.04. The number of amides is 1. The quantitative estimate of drug-likeness (QED) is 0.890. The number of nitrogens with zero attached hydrogens (tertiary/aromatic N) is 1. The summed E-state index contributed by atoms with van der Waals surface area (Å²) in [6, 6.07) is 6.11. The van der Waals surface area contributed by atoms with Gasteiger partial charge in [-0.15, -0.1) is 0 Å². The lowest BCUT2D eigenvalue weighted by Crippen LogP contribution is -2.14. The van der Waals surface area contributed by atoms with Crippen molar-refractivity contribution >= 4 is 27.7 Å². The van der Waals surface area contributed by atoms with Crippen LogP contribution in [-0.2, 0) is 0 Å². The molecule has 16 heavy (non-hydrogen) atoms. The summed E-state index contributed by atoms with van der Waals surface area (Å²) in [6.07, 6.45) is 1.49. The summed E-state index contributed by atoms with van der Waals surface area (Å²) < 4.78 is 13.8. The van der Waals surface area contributed by atoms with Crippen LogP contribution < -0.4 is 5.32 Å². The molecule has 4 nitrogen and oxygen atoms in total. The average molecular weight is 284 g/mol. The lowest BCUT2D eigenvalue weighted by molar-refractivity contribution is 0.102. The molecule has 0 saturated heterocycles. The number of rotatable bonds is 2. The molecule has 0 spiro atoms. The molecule has 82 valence electrons. The SMILES string of the molecule is O=C(Nc1ccn[nH]1)c1cccc(Br)c1F. The summed E-state index contributed by atoms with van der Waals surface area (Å²) in [5.74, 6) is -0.688. The van der Waals surface area contributed by atoms with Gasteiger partial charge in [0.25, 0.3) is 5.91 Å². The zero-order chi connectivity index (χ0) is 11.5. The van der Waals surface area contributed by atoms with Crippen LogP contribution in [0.25, 0.3) is 0 Å². The number of carbonyl (C=O) groups excluding carboxylic acids is 1. The number of hydrogen-bond donors (Lipinski definition) is 2. The summed E-state index contributed by atoms with van der Waals surface area (Å²) in [5.41, 5.74) is -0.0241. The van der Waals surface area contributed by atoms with Crippen LogP contribution >= 0.6 is 15.9 Å². The van der Waals surface area contributed by atoms with Crippen molar-refractivity contribution in [2.45, 2.75) is 0 Å². The molecular weight excluding hydrogens is 277 g/mol. The standard InChI is InChI=1S/C10H7BrFN3O/c11-7-3-1-2-6(9(7)12)10(16)14-8-4-5-13-15-8/h1-5H,(H2,13,14,15,16). The van der Waals surface area contributed by atoms with Gasteiger partial charge in [-0.05, 0) is 28.1 Å². The van der Waals surface area contributed by atoms with Gasteiger partial charge in [-0.2, -0.15) is 5.10 Å². The van der Waals surface area contributed by atoms with E-state index in [1.54, 1.807) is 12.1 Å². The number of anilines is 1. The molecule has 1 heterocycles. The minimum atomic E-state index is -0.584. The van der Waals surface area contributed by atoms with E-state index < -0.39 is 11.7 Å². The second-order valence-corrected chi connectivity index (χ2v) is 3.88. The molecule has 1 aromatic carbocycles. The van der Waals surface area contributed by atoms with Crippen LogP contribution in [0.15, 0.2) is 34.9 Å². The highest BCUT2D eigenvalue weighted by Crippen LogP contribution is 2.19. The molecule has 0 bridgehead atoms. The highest BCUT2D eigenvalue weighted by molar-refractivity contribution is 9.10. The zero-order valence-electron chi connectivity index (χ0n) is 8.00. The molecule has 2 aromatic rings. The topological polar surface area (TPSA) is 57.8 Å². The van der Waals surface area contributed by atoms with Crippen LogP contribution in [0.5, 0.6) is 0 Å². The van der Waals surface area contributed by atoms with Gasteiger partial charge in [0.2, 0.25) is 0 Å². The second-order valence-electron chi connectivity index (χ2n) is 3.03. The average Bonchev–Trinajstić information content (AvgIpc) is 2.74. The number of aromatic nitrogens is 2. The minimum Gasteiger partial charge on any atom is -0.307 e. The van der Waals surface area contributed by atoms with E-state index in [9.17, 15) is 9.18 Å². The van der Waals surface area contributed by atoms with Gasteiger partial charge in [0, 0.05) is 6.07 Å². The number of aromatic amines is 1. The van der Waals surface area contributed by atoms with E-state index in [4.69, 9.17) is 0 Å². The predicted octanol–water partition coefficient (Wildman–Crippen LogP) is 2.56. The van der Waals surface area contributed by atoms with Crippen LogP contribution in [0.1, 0.15) is 10.4 Å². The molecule has 2 rings (SSSR count). The number of H-pyrrole nitrogens is 1. The Morgan fingerprint density at radius 2 is 2.25 bits per heavy atom. The number of hydrogen-bond acceptors (Lipinski definition) is 2. The Hall–Kier alpha value is -1.69. The van der Waals surface area contributed by atoms with Gasteiger partial charge >= 0.3 is 0 Å². The van der Waals surface area contributed by atoms with Gasteiger partial charge in [0.15, 0.2) is 0 Å². The summed E-state index contributed by atoms with van der Waals surface area (Å²) >= 11 is 3.02. The fourth-order valence-electron chi connectivity index (χ4n) is 1.19. The summed E-state index contributed by atoms with van der Waals surface area (Å²) in [7, 11) is 0. The number of carbonyl (C=O) groups is 1. The molecule has 0 saturated carbocycles. The number of benzene rings is 1. The van der Waals surface area contributed by atoms with E-state index in [1.807, 2.05) is 0 Å². The van der Waals surface area contributed by atoms with Crippen LogP contribution in [0.2, 0.25) is 0 Å². The third kappa shape index (κ3) is 2.11. The van der Waals surface area contributed by atoms with E-state index in [2.05, 4.69) is 31.4 Å². The Bertz CT molecular complexity index is 513. The monoisotopic (exact) mass is 283 g/mol. The van der Waals surface area contributed by atoms with Crippen molar-refractivity contribution < 1.29 is 9.18 Å². The van der Waals surface area contributed by atoms with Gasteiger partial charge in [0.05, 0.1) is 16.2 Å². The van der Waals surface area contributed by atoms with Crippen molar-refractivity contribution in [2.24, 2.45) is 0 Å². The first-order valence-corrected chi connectivity index (χ1v) is 5.22. The van der Waals surface area contributed by atoms with Crippen molar-refractivity contribution in [3.63, 3.8) is 0 Å². The van der Waals surface area contributed by atoms with E-state index >= 15 is 0 Å². The van der Waals surface area contributed by atoms with Crippen molar-refractivity contribution in [1.29, 1.82) is 0 Å².